The Labute approximate surface area is 147 Å². The first kappa shape index (κ1) is 19.4. The first-order chi connectivity index (χ1) is 11.7. The van der Waals surface area contributed by atoms with Crippen LogP contribution in [0.3, 0.4) is 0 Å². The number of carbonyl (C=O) groups excluding carboxylic acids is 2. The number of hydrogen-bond donors (Lipinski definition) is 1. The number of likely N-dealkylation sites (N-methyl/N-ethyl adjacent to an activating group) is 1. The summed E-state index contributed by atoms with van der Waals surface area (Å²) in [6, 6.07) is 5.59. The van der Waals surface area contributed by atoms with Gasteiger partial charge in [0.05, 0.1) is 22.7 Å². The summed E-state index contributed by atoms with van der Waals surface area (Å²) in [7, 11) is -2.33. The summed E-state index contributed by atoms with van der Waals surface area (Å²) in [5.74, 6) is -1.21. The number of amides is 1. The highest BCUT2D eigenvalue weighted by atomic mass is 32.2. The maximum atomic E-state index is 12.8. The van der Waals surface area contributed by atoms with E-state index in [-0.39, 0.29) is 35.8 Å². The Morgan fingerprint density at radius 2 is 1.92 bits per heavy atom. The SMILES string of the molecule is CNC(=O)COC(=O)c1cccc(S(=O)(=O)N2C[C@@H](C)O[C@@H](C)C2)c1. The van der Waals surface area contributed by atoms with E-state index in [0.29, 0.717) is 0 Å². The number of esters is 1. The summed E-state index contributed by atoms with van der Waals surface area (Å²) in [5.41, 5.74) is 0.0688. The molecule has 138 valence electrons. The third kappa shape index (κ3) is 4.77. The second-order valence-electron chi connectivity index (χ2n) is 5.86. The van der Waals surface area contributed by atoms with Gasteiger partial charge in [-0.05, 0) is 32.0 Å². The molecule has 0 bridgehead atoms. The topological polar surface area (TPSA) is 102 Å². The first-order valence-corrected chi connectivity index (χ1v) is 9.31. The van der Waals surface area contributed by atoms with Gasteiger partial charge in [0.1, 0.15) is 0 Å². The summed E-state index contributed by atoms with van der Waals surface area (Å²) in [6.07, 6.45) is -0.418. The molecule has 1 fully saturated rings. The van der Waals surface area contributed by atoms with E-state index in [0.717, 1.165) is 0 Å². The number of nitrogens with zero attached hydrogens (tertiary/aromatic N) is 1. The van der Waals surface area contributed by atoms with E-state index in [1.165, 1.54) is 35.6 Å². The molecular formula is C16H22N2O6S. The van der Waals surface area contributed by atoms with Gasteiger partial charge in [-0.25, -0.2) is 13.2 Å². The molecule has 0 aliphatic carbocycles. The van der Waals surface area contributed by atoms with Crippen LogP contribution in [0, 0.1) is 0 Å². The van der Waals surface area contributed by atoms with Gasteiger partial charge in [-0.3, -0.25) is 4.79 Å². The summed E-state index contributed by atoms with van der Waals surface area (Å²) in [5, 5.41) is 2.33. The van der Waals surface area contributed by atoms with Gasteiger partial charge >= 0.3 is 5.97 Å². The minimum Gasteiger partial charge on any atom is -0.452 e. The van der Waals surface area contributed by atoms with Crippen LogP contribution in [-0.2, 0) is 24.3 Å². The lowest BCUT2D eigenvalue weighted by Crippen LogP contribution is -2.48. The van der Waals surface area contributed by atoms with E-state index in [2.05, 4.69) is 5.32 Å². The predicted molar refractivity (Wildman–Crippen MR) is 89.6 cm³/mol. The van der Waals surface area contributed by atoms with Crippen LogP contribution < -0.4 is 5.32 Å². The van der Waals surface area contributed by atoms with Crippen molar-refractivity contribution in [1.82, 2.24) is 9.62 Å². The van der Waals surface area contributed by atoms with Crippen LogP contribution in [0.4, 0.5) is 0 Å². The molecule has 0 aromatic heterocycles. The first-order valence-electron chi connectivity index (χ1n) is 7.87. The molecule has 2 rings (SSSR count). The molecule has 1 aromatic rings. The monoisotopic (exact) mass is 370 g/mol. The van der Waals surface area contributed by atoms with Gasteiger partial charge in [0.25, 0.3) is 5.91 Å². The van der Waals surface area contributed by atoms with Gasteiger partial charge < -0.3 is 14.8 Å². The van der Waals surface area contributed by atoms with Crippen LogP contribution in [0.15, 0.2) is 29.2 Å². The standard InChI is InChI=1S/C16H22N2O6S/c1-11-8-18(9-12(2)24-11)25(21,22)14-6-4-5-13(7-14)16(20)23-10-15(19)17-3/h4-7,11-12H,8-10H2,1-3H3,(H,17,19)/t11-,12+. The lowest BCUT2D eigenvalue weighted by molar-refractivity contribution is -0.123. The molecule has 1 N–H and O–H groups in total. The van der Waals surface area contributed by atoms with Crippen molar-refractivity contribution in [2.75, 3.05) is 26.7 Å². The molecule has 0 radical (unpaired) electrons. The van der Waals surface area contributed by atoms with Crippen molar-refractivity contribution >= 4 is 21.9 Å². The van der Waals surface area contributed by atoms with Crippen molar-refractivity contribution in [3.63, 3.8) is 0 Å². The van der Waals surface area contributed by atoms with Crippen molar-refractivity contribution in [2.45, 2.75) is 31.0 Å². The molecule has 25 heavy (non-hydrogen) atoms. The summed E-state index contributed by atoms with van der Waals surface area (Å²) < 4.78 is 37.4. The van der Waals surface area contributed by atoms with Gasteiger partial charge in [0.2, 0.25) is 10.0 Å². The molecule has 9 heteroatoms. The molecular weight excluding hydrogens is 348 g/mol. The predicted octanol–water partition coefficient (Wildman–Crippen LogP) is 0.387. The molecule has 2 atom stereocenters. The molecule has 1 aromatic carbocycles. The summed E-state index contributed by atoms with van der Waals surface area (Å²) in [4.78, 5) is 23.1. The Hall–Kier alpha value is -1.97. The second-order valence-corrected chi connectivity index (χ2v) is 7.79. The number of sulfonamides is 1. The number of carbonyl (C=O) groups is 2. The summed E-state index contributed by atoms with van der Waals surface area (Å²) in [6.45, 7) is 3.69. The third-order valence-corrected chi connectivity index (χ3v) is 5.53. The number of ether oxygens (including phenoxy) is 2. The molecule has 0 unspecified atom stereocenters. The van der Waals surface area contributed by atoms with Crippen molar-refractivity contribution < 1.29 is 27.5 Å². The minimum absolute atomic E-state index is 0.00296. The molecule has 1 aliphatic heterocycles. The van der Waals surface area contributed by atoms with Gasteiger partial charge in [0, 0.05) is 20.1 Å². The van der Waals surface area contributed by atoms with E-state index in [4.69, 9.17) is 9.47 Å². The second kappa shape index (κ2) is 7.94. The van der Waals surface area contributed by atoms with Crippen LogP contribution in [0.5, 0.6) is 0 Å². The third-order valence-electron chi connectivity index (χ3n) is 3.71. The number of benzene rings is 1. The zero-order valence-electron chi connectivity index (χ0n) is 14.4. The van der Waals surface area contributed by atoms with Crippen molar-refractivity contribution in [3.05, 3.63) is 29.8 Å². The largest absolute Gasteiger partial charge is 0.452 e. The van der Waals surface area contributed by atoms with Crippen LogP contribution in [0.2, 0.25) is 0 Å². The lowest BCUT2D eigenvalue weighted by Gasteiger charge is -2.34. The van der Waals surface area contributed by atoms with Gasteiger partial charge in [-0.15, -0.1) is 0 Å². The maximum absolute atomic E-state index is 12.8. The quantitative estimate of drug-likeness (QED) is 0.752. The van der Waals surface area contributed by atoms with Crippen molar-refractivity contribution in [1.29, 1.82) is 0 Å². The van der Waals surface area contributed by atoms with Crippen LogP contribution in [-0.4, -0.2) is 63.6 Å². The molecule has 1 saturated heterocycles. The Bertz CT molecular complexity index is 739. The average Bonchev–Trinajstić information content (AvgIpc) is 2.58. The van der Waals surface area contributed by atoms with Crippen molar-refractivity contribution in [2.24, 2.45) is 0 Å². The van der Waals surface area contributed by atoms with E-state index in [1.807, 2.05) is 13.8 Å². The highest BCUT2D eigenvalue weighted by Crippen LogP contribution is 2.22. The Kier molecular flexibility index (Phi) is 6.15. The molecule has 1 heterocycles. The number of rotatable bonds is 5. The zero-order chi connectivity index (χ0) is 18.6. The Morgan fingerprint density at radius 1 is 1.28 bits per heavy atom. The Balaban J connectivity index is 2.19. The highest BCUT2D eigenvalue weighted by molar-refractivity contribution is 7.89. The van der Waals surface area contributed by atoms with E-state index < -0.39 is 28.5 Å². The lowest BCUT2D eigenvalue weighted by atomic mass is 10.2. The van der Waals surface area contributed by atoms with Gasteiger partial charge in [-0.2, -0.15) is 4.31 Å². The normalized spacial score (nSPS) is 21.6. The molecule has 1 aliphatic rings. The average molecular weight is 370 g/mol. The molecule has 8 nitrogen and oxygen atoms in total. The number of morpholine rings is 1. The van der Waals surface area contributed by atoms with E-state index in [9.17, 15) is 18.0 Å². The molecule has 1 amide bonds. The Morgan fingerprint density at radius 3 is 2.52 bits per heavy atom. The van der Waals surface area contributed by atoms with Crippen LogP contribution >= 0.6 is 0 Å². The maximum Gasteiger partial charge on any atom is 0.338 e. The fraction of sp³-hybridized carbons (Fsp3) is 0.500. The van der Waals surface area contributed by atoms with Crippen LogP contribution in [0.1, 0.15) is 24.2 Å². The fourth-order valence-electron chi connectivity index (χ4n) is 2.55. The minimum atomic E-state index is -3.75. The van der Waals surface area contributed by atoms with Crippen LogP contribution in [0.25, 0.3) is 0 Å². The smallest absolute Gasteiger partial charge is 0.338 e. The van der Waals surface area contributed by atoms with E-state index >= 15 is 0 Å². The zero-order valence-corrected chi connectivity index (χ0v) is 15.2. The van der Waals surface area contributed by atoms with E-state index in [1.54, 1.807) is 0 Å². The van der Waals surface area contributed by atoms with Crippen molar-refractivity contribution in [3.8, 4) is 0 Å². The van der Waals surface area contributed by atoms with Gasteiger partial charge in [-0.1, -0.05) is 6.07 Å². The fourth-order valence-corrected chi connectivity index (χ4v) is 4.18. The number of nitrogens with one attached hydrogen (secondary N) is 1. The molecule has 0 spiro atoms. The summed E-state index contributed by atoms with van der Waals surface area (Å²) >= 11 is 0. The number of hydrogen-bond acceptors (Lipinski definition) is 6. The van der Waals surface area contributed by atoms with Gasteiger partial charge in [0.15, 0.2) is 6.61 Å². The molecule has 0 saturated carbocycles. The highest BCUT2D eigenvalue weighted by Gasteiger charge is 2.32.